The minimum Gasteiger partial charge on any atom is -0.399 e. The first-order valence-electron chi connectivity index (χ1n) is 3.41. The van der Waals surface area contributed by atoms with E-state index < -0.39 is 0 Å². The molecule has 0 fully saturated rings. The summed E-state index contributed by atoms with van der Waals surface area (Å²) in [6.45, 7) is 0. The van der Waals surface area contributed by atoms with E-state index >= 15 is 0 Å². The molecule has 0 atom stereocenters. The Morgan fingerprint density at radius 2 is 2.00 bits per heavy atom. The summed E-state index contributed by atoms with van der Waals surface area (Å²) in [4.78, 5) is 0. The van der Waals surface area contributed by atoms with Crippen molar-refractivity contribution in [1.29, 1.82) is 0 Å². The van der Waals surface area contributed by atoms with E-state index in [4.69, 9.17) is 11.5 Å². The Morgan fingerprint density at radius 3 is 2.75 bits per heavy atom. The van der Waals surface area contributed by atoms with Crippen molar-refractivity contribution in [3.8, 4) is 0 Å². The molecule has 0 amide bonds. The van der Waals surface area contributed by atoms with Crippen LogP contribution in [0, 0.1) is 2.88 Å². The Balaban J connectivity index is 2.87. The molecule has 62 valence electrons. The molecule has 0 aliphatic rings. The van der Waals surface area contributed by atoms with Gasteiger partial charge in [0.15, 0.2) is 0 Å². The van der Waals surface area contributed by atoms with Crippen molar-refractivity contribution in [2.45, 2.75) is 0 Å². The Hall–Kier alpha value is -0.490. The molecule has 4 heteroatoms. The fourth-order valence-corrected chi connectivity index (χ4v) is 3.00. The zero-order chi connectivity index (χ0) is 8.72. The summed E-state index contributed by atoms with van der Waals surface area (Å²) in [6.07, 6.45) is 0. The summed E-state index contributed by atoms with van der Waals surface area (Å²) in [5, 5.41) is 1.11. The molecule has 0 spiro atoms. The predicted molar refractivity (Wildman–Crippen MR) is 63.4 cm³/mol. The summed E-state index contributed by atoms with van der Waals surface area (Å²) >= 11 is 3.92. The Kier molecular flexibility index (Phi) is 1.88. The van der Waals surface area contributed by atoms with Gasteiger partial charge in [0.25, 0.3) is 0 Å². The third-order valence-corrected chi connectivity index (χ3v) is 3.91. The molecule has 0 saturated heterocycles. The van der Waals surface area contributed by atoms with Crippen molar-refractivity contribution in [2.75, 3.05) is 11.5 Å². The summed E-state index contributed by atoms with van der Waals surface area (Å²) in [7, 11) is 0. The van der Waals surface area contributed by atoms with Crippen molar-refractivity contribution >= 4 is 55.4 Å². The molecule has 0 radical (unpaired) electrons. The molecule has 12 heavy (non-hydrogen) atoms. The van der Waals surface area contributed by atoms with Crippen molar-refractivity contribution in [1.82, 2.24) is 0 Å². The average molecular weight is 290 g/mol. The zero-order valence-corrected chi connectivity index (χ0v) is 9.15. The van der Waals surface area contributed by atoms with Gasteiger partial charge in [0.05, 0.1) is 8.57 Å². The molecule has 0 bridgehead atoms. The van der Waals surface area contributed by atoms with Gasteiger partial charge in [-0.3, -0.25) is 0 Å². The molecule has 2 rings (SSSR count). The maximum absolute atomic E-state index is 5.85. The number of rotatable bonds is 0. The number of hydrogen-bond donors (Lipinski definition) is 2. The highest BCUT2D eigenvalue weighted by atomic mass is 127. The normalized spacial score (nSPS) is 10.8. The van der Waals surface area contributed by atoms with E-state index in [1.165, 1.54) is 0 Å². The lowest BCUT2D eigenvalue weighted by Crippen LogP contribution is -1.85. The largest absolute Gasteiger partial charge is 0.399 e. The van der Waals surface area contributed by atoms with Gasteiger partial charge in [-0.1, -0.05) is 0 Å². The van der Waals surface area contributed by atoms with Gasteiger partial charge in [0.1, 0.15) is 0 Å². The van der Waals surface area contributed by atoms with E-state index in [-0.39, 0.29) is 0 Å². The minimum atomic E-state index is 0.792. The maximum Gasteiger partial charge on any atom is 0.0895 e. The summed E-state index contributed by atoms with van der Waals surface area (Å²) < 4.78 is 2.30. The van der Waals surface area contributed by atoms with E-state index in [1.807, 2.05) is 18.2 Å². The van der Waals surface area contributed by atoms with Crippen LogP contribution in [-0.2, 0) is 0 Å². The number of benzene rings is 1. The molecule has 0 aliphatic carbocycles. The number of hydrogen-bond acceptors (Lipinski definition) is 3. The van der Waals surface area contributed by atoms with Gasteiger partial charge in [0, 0.05) is 15.8 Å². The van der Waals surface area contributed by atoms with Crippen LogP contribution in [0.3, 0.4) is 0 Å². The van der Waals surface area contributed by atoms with E-state index in [9.17, 15) is 0 Å². The minimum absolute atomic E-state index is 0.792. The molecule has 1 aromatic heterocycles. The van der Waals surface area contributed by atoms with Crippen LogP contribution in [0.5, 0.6) is 0 Å². The van der Waals surface area contributed by atoms with Crippen LogP contribution in [-0.4, -0.2) is 0 Å². The fraction of sp³-hybridized carbons (Fsp3) is 0. The molecular weight excluding hydrogens is 283 g/mol. The Bertz CT molecular complexity index is 436. The van der Waals surface area contributed by atoms with Crippen LogP contribution >= 0.6 is 33.9 Å². The van der Waals surface area contributed by atoms with Crippen LogP contribution < -0.4 is 11.5 Å². The van der Waals surface area contributed by atoms with E-state index in [0.717, 1.165) is 24.3 Å². The second kappa shape index (κ2) is 2.77. The summed E-state index contributed by atoms with van der Waals surface area (Å²) in [5.74, 6) is 0. The van der Waals surface area contributed by atoms with Crippen LogP contribution in [0.1, 0.15) is 0 Å². The maximum atomic E-state index is 5.85. The van der Waals surface area contributed by atoms with Gasteiger partial charge in [-0.2, -0.15) is 0 Å². The highest BCUT2D eigenvalue weighted by Gasteiger charge is 2.05. The number of nitrogen functional groups attached to an aromatic ring is 2. The molecule has 2 aromatic rings. The zero-order valence-electron chi connectivity index (χ0n) is 6.17. The third-order valence-electron chi connectivity index (χ3n) is 1.71. The monoisotopic (exact) mass is 290 g/mol. The number of halogens is 1. The second-order valence-electron chi connectivity index (χ2n) is 2.55. The number of anilines is 2. The van der Waals surface area contributed by atoms with Crippen molar-refractivity contribution in [3.05, 3.63) is 21.1 Å². The highest BCUT2D eigenvalue weighted by Crippen LogP contribution is 2.35. The van der Waals surface area contributed by atoms with E-state index in [2.05, 4.69) is 22.6 Å². The van der Waals surface area contributed by atoms with Crippen molar-refractivity contribution in [3.63, 3.8) is 0 Å². The fourth-order valence-electron chi connectivity index (χ4n) is 1.10. The third kappa shape index (κ3) is 1.15. The van der Waals surface area contributed by atoms with Crippen LogP contribution in [0.4, 0.5) is 11.4 Å². The lowest BCUT2D eigenvalue weighted by Gasteiger charge is -1.92. The first-order valence-corrected chi connectivity index (χ1v) is 5.31. The molecule has 1 heterocycles. The van der Waals surface area contributed by atoms with Crippen molar-refractivity contribution in [2.24, 2.45) is 0 Å². The molecule has 1 aromatic carbocycles. The highest BCUT2D eigenvalue weighted by molar-refractivity contribution is 14.1. The SMILES string of the molecule is Nc1ccc2c(N)c(I)sc2c1. The van der Waals surface area contributed by atoms with Crippen LogP contribution in [0.2, 0.25) is 0 Å². The summed E-state index contributed by atoms with van der Waals surface area (Å²) in [5.41, 5.74) is 13.2. The van der Waals surface area contributed by atoms with Crippen LogP contribution in [0.25, 0.3) is 10.1 Å². The molecular formula is C8H7IN2S. The van der Waals surface area contributed by atoms with Crippen molar-refractivity contribution < 1.29 is 0 Å². The van der Waals surface area contributed by atoms with E-state index in [1.54, 1.807) is 11.3 Å². The number of thiophene rings is 1. The lowest BCUT2D eigenvalue weighted by atomic mass is 10.2. The Labute approximate surface area is 87.7 Å². The standard InChI is InChI=1S/C8H7IN2S/c9-8-7(11)5-2-1-4(10)3-6(5)12-8/h1-3H,10-11H2. The van der Waals surface area contributed by atoms with Gasteiger partial charge >= 0.3 is 0 Å². The van der Waals surface area contributed by atoms with Gasteiger partial charge < -0.3 is 11.5 Å². The van der Waals surface area contributed by atoms with Gasteiger partial charge in [-0.05, 0) is 40.8 Å². The van der Waals surface area contributed by atoms with Gasteiger partial charge in [-0.15, -0.1) is 11.3 Å². The molecule has 2 nitrogen and oxygen atoms in total. The van der Waals surface area contributed by atoms with Crippen LogP contribution in [0.15, 0.2) is 18.2 Å². The van der Waals surface area contributed by atoms with Gasteiger partial charge in [-0.25, -0.2) is 0 Å². The van der Waals surface area contributed by atoms with E-state index in [0.29, 0.717) is 0 Å². The molecule has 0 saturated carbocycles. The second-order valence-corrected chi connectivity index (χ2v) is 5.41. The molecule has 4 N–H and O–H groups in total. The summed E-state index contributed by atoms with van der Waals surface area (Å²) in [6, 6.07) is 5.80. The molecule has 0 unspecified atom stereocenters. The molecule has 0 aliphatic heterocycles. The predicted octanol–water partition coefficient (Wildman–Crippen LogP) is 2.67. The average Bonchev–Trinajstić information content (AvgIpc) is 2.28. The first kappa shape index (κ1) is 8.12. The Morgan fingerprint density at radius 1 is 1.25 bits per heavy atom. The van der Waals surface area contributed by atoms with Gasteiger partial charge in [0.2, 0.25) is 0 Å². The quantitative estimate of drug-likeness (QED) is 0.579. The topological polar surface area (TPSA) is 52.0 Å². The number of nitrogens with two attached hydrogens (primary N) is 2. The first-order chi connectivity index (χ1) is 5.68. The smallest absolute Gasteiger partial charge is 0.0895 e. The number of fused-ring (bicyclic) bond motifs is 1. The lowest BCUT2D eigenvalue weighted by molar-refractivity contribution is 1.78.